The first-order valence-electron chi connectivity index (χ1n) is 9.39. The minimum absolute atomic E-state index is 0.0628. The number of aromatic amines is 1. The number of ether oxygens (including phenoxy) is 1. The number of carbonyl (C=O) groups is 1. The van der Waals surface area contributed by atoms with Crippen LogP contribution in [-0.2, 0) is 10.9 Å². The van der Waals surface area contributed by atoms with Crippen molar-refractivity contribution >= 4 is 6.09 Å². The SMILES string of the molecule is CC(C)(C)OC(=O)N1CCC(c2nc(-c3ccc(F)c(C(F)(F)F)c3)c[nH]2)C(F)C1. The third-order valence-electron chi connectivity index (χ3n) is 4.71. The van der Waals surface area contributed by atoms with Gasteiger partial charge in [-0.05, 0) is 45.4 Å². The van der Waals surface area contributed by atoms with Gasteiger partial charge in [0.2, 0.25) is 0 Å². The average molecular weight is 431 g/mol. The van der Waals surface area contributed by atoms with Crippen LogP contribution in [0.2, 0.25) is 0 Å². The molecule has 0 radical (unpaired) electrons. The molecule has 0 spiro atoms. The monoisotopic (exact) mass is 431 g/mol. The number of halogens is 5. The van der Waals surface area contributed by atoms with Crippen molar-refractivity contribution in [1.29, 1.82) is 0 Å². The standard InChI is InChI=1S/C20H22F5N3O2/c1-19(2,3)30-18(29)28-7-6-12(15(22)10-28)17-26-9-16(27-17)11-4-5-14(21)13(8-11)20(23,24)25/h4-5,8-9,12,15H,6-7,10H2,1-3H3,(H,26,27). The second kappa shape index (κ2) is 7.88. The molecular formula is C20H22F5N3O2. The van der Waals surface area contributed by atoms with E-state index in [0.717, 1.165) is 6.07 Å². The highest BCUT2D eigenvalue weighted by Crippen LogP contribution is 2.35. The zero-order valence-electron chi connectivity index (χ0n) is 16.7. The Labute approximate surface area is 170 Å². The summed E-state index contributed by atoms with van der Waals surface area (Å²) in [7, 11) is 0. The van der Waals surface area contributed by atoms with E-state index in [2.05, 4.69) is 9.97 Å². The zero-order chi connectivity index (χ0) is 22.3. The maximum Gasteiger partial charge on any atom is 0.419 e. The molecule has 164 valence electrons. The Morgan fingerprint density at radius 2 is 1.97 bits per heavy atom. The van der Waals surface area contributed by atoms with Gasteiger partial charge in [-0.2, -0.15) is 13.2 Å². The maximum atomic E-state index is 14.8. The largest absolute Gasteiger partial charge is 0.444 e. The van der Waals surface area contributed by atoms with E-state index in [0.29, 0.717) is 6.07 Å². The predicted molar refractivity (Wildman–Crippen MR) is 99.0 cm³/mol. The number of rotatable bonds is 2. The Morgan fingerprint density at radius 1 is 1.27 bits per heavy atom. The number of carbonyl (C=O) groups excluding carboxylic acids is 1. The molecule has 0 aliphatic carbocycles. The van der Waals surface area contributed by atoms with Crippen LogP contribution in [-0.4, -0.2) is 45.8 Å². The van der Waals surface area contributed by atoms with Gasteiger partial charge in [0.05, 0.1) is 23.7 Å². The summed E-state index contributed by atoms with van der Waals surface area (Å²) in [5, 5.41) is 0. The molecule has 1 fully saturated rings. The second-order valence-corrected chi connectivity index (χ2v) is 8.20. The smallest absolute Gasteiger partial charge is 0.419 e. The van der Waals surface area contributed by atoms with E-state index in [4.69, 9.17) is 4.74 Å². The second-order valence-electron chi connectivity index (χ2n) is 8.20. The molecule has 1 aliphatic heterocycles. The summed E-state index contributed by atoms with van der Waals surface area (Å²) in [4.78, 5) is 20.4. The molecule has 1 aromatic carbocycles. The number of imidazole rings is 1. The molecule has 0 bridgehead atoms. The maximum absolute atomic E-state index is 14.8. The summed E-state index contributed by atoms with van der Waals surface area (Å²) >= 11 is 0. The fraction of sp³-hybridized carbons (Fsp3) is 0.500. The highest BCUT2D eigenvalue weighted by Gasteiger charge is 2.37. The molecule has 1 N–H and O–H groups in total. The van der Waals surface area contributed by atoms with Gasteiger partial charge in [0.25, 0.3) is 0 Å². The molecule has 3 rings (SSSR count). The third-order valence-corrected chi connectivity index (χ3v) is 4.71. The van der Waals surface area contributed by atoms with E-state index < -0.39 is 41.3 Å². The minimum atomic E-state index is -4.84. The molecule has 1 aromatic heterocycles. The first kappa shape index (κ1) is 22.0. The van der Waals surface area contributed by atoms with Crippen molar-refractivity contribution in [2.45, 2.75) is 51.1 Å². The van der Waals surface area contributed by atoms with Crippen molar-refractivity contribution in [2.75, 3.05) is 13.1 Å². The van der Waals surface area contributed by atoms with Crippen molar-refractivity contribution in [3.63, 3.8) is 0 Å². The Balaban J connectivity index is 1.74. The van der Waals surface area contributed by atoms with Crippen molar-refractivity contribution < 1.29 is 31.5 Å². The number of H-pyrrole nitrogens is 1. The quantitative estimate of drug-likeness (QED) is 0.657. The summed E-state index contributed by atoms with van der Waals surface area (Å²) in [6, 6.07) is 2.58. The molecule has 1 amide bonds. The number of benzene rings is 1. The number of hydrogen-bond donors (Lipinski definition) is 1. The summed E-state index contributed by atoms with van der Waals surface area (Å²) in [6.07, 6.45) is -5.24. The van der Waals surface area contributed by atoms with Crippen LogP contribution in [0.4, 0.5) is 26.7 Å². The van der Waals surface area contributed by atoms with Crippen molar-refractivity contribution in [3.05, 3.63) is 41.6 Å². The Morgan fingerprint density at radius 3 is 2.57 bits per heavy atom. The van der Waals surface area contributed by atoms with E-state index in [9.17, 15) is 26.7 Å². The van der Waals surface area contributed by atoms with E-state index >= 15 is 0 Å². The molecular weight excluding hydrogens is 409 g/mol. The summed E-state index contributed by atoms with van der Waals surface area (Å²) in [5.74, 6) is -1.76. The number of hydrogen-bond acceptors (Lipinski definition) is 3. The molecule has 30 heavy (non-hydrogen) atoms. The van der Waals surface area contributed by atoms with Crippen LogP contribution in [0.1, 0.15) is 44.5 Å². The molecule has 1 saturated heterocycles. The fourth-order valence-corrected chi connectivity index (χ4v) is 3.28. The van der Waals surface area contributed by atoms with Gasteiger partial charge >= 0.3 is 12.3 Å². The highest BCUT2D eigenvalue weighted by atomic mass is 19.4. The molecule has 2 heterocycles. The lowest BCUT2D eigenvalue weighted by Crippen LogP contribution is -2.46. The molecule has 5 nitrogen and oxygen atoms in total. The summed E-state index contributed by atoms with van der Waals surface area (Å²) < 4.78 is 72.3. The lowest BCUT2D eigenvalue weighted by molar-refractivity contribution is -0.139. The van der Waals surface area contributed by atoms with E-state index in [1.807, 2.05) is 0 Å². The highest BCUT2D eigenvalue weighted by molar-refractivity contribution is 5.68. The van der Waals surface area contributed by atoms with Gasteiger partial charge in [-0.3, -0.25) is 0 Å². The van der Waals surface area contributed by atoms with Gasteiger partial charge in [0.1, 0.15) is 23.4 Å². The fourth-order valence-electron chi connectivity index (χ4n) is 3.28. The van der Waals surface area contributed by atoms with Gasteiger partial charge in [-0.25, -0.2) is 18.6 Å². The van der Waals surface area contributed by atoms with Crippen LogP contribution < -0.4 is 0 Å². The van der Waals surface area contributed by atoms with Crippen LogP contribution in [0.5, 0.6) is 0 Å². The van der Waals surface area contributed by atoms with E-state index in [-0.39, 0.29) is 36.6 Å². The van der Waals surface area contributed by atoms with Crippen molar-refractivity contribution in [1.82, 2.24) is 14.9 Å². The van der Waals surface area contributed by atoms with Crippen molar-refractivity contribution in [3.8, 4) is 11.3 Å². The molecule has 0 saturated carbocycles. The van der Waals surface area contributed by atoms with Gasteiger partial charge in [-0.1, -0.05) is 0 Å². The number of nitrogens with zero attached hydrogens (tertiary/aromatic N) is 2. The number of likely N-dealkylation sites (tertiary alicyclic amines) is 1. The minimum Gasteiger partial charge on any atom is -0.444 e. The third kappa shape index (κ3) is 4.91. The summed E-state index contributed by atoms with van der Waals surface area (Å²) in [6.45, 7) is 5.23. The Kier molecular flexibility index (Phi) is 5.79. The van der Waals surface area contributed by atoms with Gasteiger partial charge < -0.3 is 14.6 Å². The number of aromatic nitrogens is 2. The first-order chi connectivity index (χ1) is 13.8. The van der Waals surface area contributed by atoms with Gasteiger partial charge in [0.15, 0.2) is 0 Å². The predicted octanol–water partition coefficient (Wildman–Crippen LogP) is 5.30. The number of alkyl halides is 4. The Hall–Kier alpha value is -2.65. The van der Waals surface area contributed by atoms with Crippen LogP contribution in [0.25, 0.3) is 11.3 Å². The van der Waals surface area contributed by atoms with Crippen LogP contribution in [0, 0.1) is 5.82 Å². The van der Waals surface area contributed by atoms with E-state index in [1.54, 1.807) is 20.8 Å². The number of piperidine rings is 1. The first-order valence-corrected chi connectivity index (χ1v) is 9.39. The Bertz CT molecular complexity index is 920. The van der Waals surface area contributed by atoms with Crippen molar-refractivity contribution in [2.24, 2.45) is 0 Å². The molecule has 10 heteroatoms. The number of nitrogens with one attached hydrogen (secondary N) is 1. The average Bonchev–Trinajstić information content (AvgIpc) is 3.09. The molecule has 2 aromatic rings. The molecule has 2 atom stereocenters. The number of amides is 1. The van der Waals surface area contributed by atoms with Gasteiger partial charge in [-0.15, -0.1) is 0 Å². The molecule has 1 aliphatic rings. The van der Waals surface area contributed by atoms with Crippen LogP contribution >= 0.6 is 0 Å². The van der Waals surface area contributed by atoms with E-state index in [1.165, 1.54) is 17.2 Å². The van der Waals surface area contributed by atoms with Crippen LogP contribution in [0.15, 0.2) is 24.4 Å². The topological polar surface area (TPSA) is 58.2 Å². The molecule has 2 unspecified atom stereocenters. The van der Waals surface area contributed by atoms with Crippen LogP contribution in [0.3, 0.4) is 0 Å². The summed E-state index contributed by atoms with van der Waals surface area (Å²) in [5.41, 5.74) is -1.87. The lowest BCUT2D eigenvalue weighted by Gasteiger charge is -2.34. The lowest BCUT2D eigenvalue weighted by atomic mass is 9.94. The van der Waals surface area contributed by atoms with Gasteiger partial charge in [0, 0.05) is 18.3 Å². The normalized spacial score (nSPS) is 20.3. The zero-order valence-corrected chi connectivity index (χ0v) is 16.7.